The SMILES string of the molecule is c1ccc([Si](c2ccccc2)(c2ccccc2)c2ccc3nc4n(-c5cc6c7c(c5)Oc5cccc8c5B7c5c(cccc5O8)C6)c5ccccc5n4c3c2)cc1. The van der Waals surface area contributed by atoms with Crippen molar-refractivity contribution in [3.8, 4) is 28.7 Å². The number of benzene rings is 8. The van der Waals surface area contributed by atoms with E-state index in [1.54, 1.807) is 0 Å². The molecule has 3 aliphatic heterocycles. The fraction of sp³-hybridized carbons (Fsp3) is 0.0200. The molecule has 5 heterocycles. The molecular weight excluding hydrogens is 713 g/mol. The first kappa shape index (κ1) is 31.2. The number of hydrogen-bond acceptors (Lipinski definition) is 3. The van der Waals surface area contributed by atoms with E-state index in [-0.39, 0.29) is 6.71 Å². The standard InChI is InChI=1S/C50H32BN3O2Si/c1-4-15-35(16-5-1)57(36-17-6-2-7-18-36,37-19-8-3-9-20-37)38-26-27-39-42(31-38)54-41-22-11-10-21-40(41)53(50(54)52-39)34-29-33-28-32-14-12-23-43-47(32)51-48(33)46(30-34)56-45-25-13-24-44(55-43)49(45)51/h1-27,29-31H,28H2. The molecule has 8 aromatic carbocycles. The van der Waals surface area contributed by atoms with Crippen molar-refractivity contribution >= 4 is 79.8 Å². The number of fused-ring (bicyclic) bond motifs is 5. The van der Waals surface area contributed by atoms with Crippen molar-refractivity contribution in [3.05, 3.63) is 193 Å². The van der Waals surface area contributed by atoms with Crippen LogP contribution in [0.2, 0.25) is 0 Å². The quantitative estimate of drug-likeness (QED) is 0.151. The fourth-order valence-electron chi connectivity index (χ4n) is 10.3. The molecule has 0 fully saturated rings. The van der Waals surface area contributed by atoms with Gasteiger partial charge in [0.05, 0.1) is 27.8 Å². The fourth-order valence-corrected chi connectivity index (χ4v) is 15.1. The summed E-state index contributed by atoms with van der Waals surface area (Å²) in [4.78, 5) is 5.44. The van der Waals surface area contributed by atoms with Crippen molar-refractivity contribution in [2.75, 3.05) is 0 Å². The number of ether oxygens (including phenoxy) is 2. The second-order valence-electron chi connectivity index (χ2n) is 15.5. The molecule has 0 saturated heterocycles. The normalized spacial score (nSPS) is 13.4. The van der Waals surface area contributed by atoms with Crippen LogP contribution >= 0.6 is 0 Å². The Kier molecular flexibility index (Phi) is 6.27. The van der Waals surface area contributed by atoms with Crippen LogP contribution in [0.5, 0.6) is 23.0 Å². The molecule has 3 aliphatic rings. The number of rotatable bonds is 5. The molecule has 57 heavy (non-hydrogen) atoms. The van der Waals surface area contributed by atoms with Gasteiger partial charge < -0.3 is 9.47 Å². The minimum Gasteiger partial charge on any atom is -0.458 e. The molecule has 13 rings (SSSR count). The minimum atomic E-state index is -2.76. The van der Waals surface area contributed by atoms with E-state index in [1.165, 1.54) is 42.8 Å². The van der Waals surface area contributed by atoms with Gasteiger partial charge in [0.1, 0.15) is 23.0 Å². The van der Waals surface area contributed by atoms with Crippen molar-refractivity contribution in [3.63, 3.8) is 0 Å². The van der Waals surface area contributed by atoms with Gasteiger partial charge in [-0.1, -0.05) is 127 Å². The number of imidazole rings is 2. The van der Waals surface area contributed by atoms with Crippen LogP contribution in [0, 0.1) is 0 Å². The van der Waals surface area contributed by atoms with Gasteiger partial charge >= 0.3 is 0 Å². The van der Waals surface area contributed by atoms with Crippen LogP contribution in [0.25, 0.3) is 33.5 Å². The second-order valence-corrected chi connectivity index (χ2v) is 19.3. The molecule has 0 aliphatic carbocycles. The molecule has 2 aromatic heterocycles. The maximum Gasteiger partial charge on any atom is 0.261 e. The highest BCUT2D eigenvalue weighted by molar-refractivity contribution is 7.20. The predicted molar refractivity (Wildman–Crippen MR) is 234 cm³/mol. The van der Waals surface area contributed by atoms with E-state index in [2.05, 4.69) is 185 Å². The van der Waals surface area contributed by atoms with E-state index in [0.717, 1.165) is 68.4 Å². The summed E-state index contributed by atoms with van der Waals surface area (Å²) in [5.41, 5.74) is 11.5. The molecule has 0 radical (unpaired) electrons. The van der Waals surface area contributed by atoms with Gasteiger partial charge in [0.15, 0.2) is 8.07 Å². The van der Waals surface area contributed by atoms with Crippen molar-refractivity contribution in [2.24, 2.45) is 0 Å². The Balaban J connectivity index is 1.07. The molecule has 0 spiro atoms. The summed E-state index contributed by atoms with van der Waals surface area (Å²) >= 11 is 0. The molecule has 266 valence electrons. The van der Waals surface area contributed by atoms with Crippen LogP contribution in [0.3, 0.4) is 0 Å². The third kappa shape index (κ3) is 4.16. The molecular formula is C50H32BN3O2Si. The van der Waals surface area contributed by atoms with E-state index in [9.17, 15) is 0 Å². The number of nitrogens with zero attached hydrogens (tertiary/aromatic N) is 3. The van der Waals surface area contributed by atoms with E-state index in [4.69, 9.17) is 14.5 Å². The van der Waals surface area contributed by atoms with E-state index < -0.39 is 8.07 Å². The molecule has 10 aromatic rings. The summed E-state index contributed by atoms with van der Waals surface area (Å²) in [7, 11) is -2.76. The van der Waals surface area contributed by atoms with E-state index in [1.807, 2.05) is 6.07 Å². The van der Waals surface area contributed by atoms with Gasteiger partial charge in [0.25, 0.3) is 6.71 Å². The maximum absolute atomic E-state index is 6.83. The van der Waals surface area contributed by atoms with E-state index in [0.29, 0.717) is 0 Å². The molecule has 0 atom stereocenters. The average molecular weight is 746 g/mol. The first-order chi connectivity index (χ1) is 28.3. The topological polar surface area (TPSA) is 40.7 Å². The Hall–Kier alpha value is -7.09. The van der Waals surface area contributed by atoms with Crippen molar-refractivity contribution < 1.29 is 9.47 Å². The zero-order valence-corrected chi connectivity index (χ0v) is 31.8. The minimum absolute atomic E-state index is 0.0786. The maximum atomic E-state index is 6.83. The first-order valence-electron chi connectivity index (χ1n) is 19.6. The third-order valence-corrected chi connectivity index (χ3v) is 17.4. The molecule has 5 nitrogen and oxygen atoms in total. The Morgan fingerprint density at radius 2 is 1.04 bits per heavy atom. The number of para-hydroxylation sites is 2. The first-order valence-corrected chi connectivity index (χ1v) is 21.6. The summed E-state index contributed by atoms with van der Waals surface area (Å²) in [6, 6.07) is 66.3. The zero-order valence-electron chi connectivity index (χ0n) is 30.8. The lowest BCUT2D eigenvalue weighted by Gasteiger charge is -2.38. The Bertz CT molecular complexity index is 3110. The summed E-state index contributed by atoms with van der Waals surface area (Å²) < 4.78 is 18.0. The second kappa shape index (κ2) is 11.5. The molecule has 0 saturated carbocycles. The highest BCUT2D eigenvalue weighted by Gasteiger charge is 2.45. The lowest BCUT2D eigenvalue weighted by atomic mass is 9.32. The van der Waals surface area contributed by atoms with Gasteiger partial charge in [-0.2, -0.15) is 0 Å². The largest absolute Gasteiger partial charge is 0.458 e. The van der Waals surface area contributed by atoms with Gasteiger partial charge in [-0.05, 0) is 97.8 Å². The zero-order chi connectivity index (χ0) is 37.2. The number of aromatic nitrogens is 3. The van der Waals surface area contributed by atoms with Crippen LogP contribution in [-0.4, -0.2) is 28.7 Å². The third-order valence-electron chi connectivity index (χ3n) is 12.6. The summed E-state index contributed by atoms with van der Waals surface area (Å²) in [6.07, 6.45) is 0.806. The molecule has 0 amide bonds. The molecule has 0 bridgehead atoms. The molecule has 0 unspecified atom stereocenters. The Labute approximate surface area is 330 Å². The van der Waals surface area contributed by atoms with Crippen LogP contribution in [0.15, 0.2) is 182 Å². The predicted octanol–water partition coefficient (Wildman–Crippen LogP) is 6.44. The monoisotopic (exact) mass is 745 g/mol. The number of hydrogen-bond donors (Lipinski definition) is 0. The average Bonchev–Trinajstić information content (AvgIpc) is 3.79. The van der Waals surface area contributed by atoms with Gasteiger partial charge in [0, 0.05) is 11.5 Å². The Morgan fingerprint density at radius 1 is 0.456 bits per heavy atom. The van der Waals surface area contributed by atoms with Gasteiger partial charge in [-0.3, -0.25) is 8.97 Å². The lowest BCUT2D eigenvalue weighted by molar-refractivity contribution is 0.463. The summed E-state index contributed by atoms with van der Waals surface area (Å²) in [5.74, 6) is 4.47. The molecule has 7 heteroatoms. The van der Waals surface area contributed by atoms with Crippen LogP contribution in [-0.2, 0) is 6.42 Å². The van der Waals surface area contributed by atoms with Crippen molar-refractivity contribution in [2.45, 2.75) is 6.42 Å². The lowest BCUT2D eigenvalue weighted by Crippen LogP contribution is -2.74. The van der Waals surface area contributed by atoms with Gasteiger partial charge in [0.2, 0.25) is 5.78 Å². The summed E-state index contributed by atoms with van der Waals surface area (Å²) in [6.45, 7) is 0.0786. The van der Waals surface area contributed by atoms with E-state index >= 15 is 0 Å². The highest BCUT2D eigenvalue weighted by Crippen LogP contribution is 2.40. The van der Waals surface area contributed by atoms with Crippen LogP contribution in [0.4, 0.5) is 0 Å². The highest BCUT2D eigenvalue weighted by atomic mass is 28.3. The smallest absolute Gasteiger partial charge is 0.261 e. The van der Waals surface area contributed by atoms with Crippen LogP contribution in [0.1, 0.15) is 11.1 Å². The molecule has 0 N–H and O–H groups in total. The van der Waals surface area contributed by atoms with Crippen molar-refractivity contribution in [1.82, 2.24) is 14.0 Å². The Morgan fingerprint density at radius 3 is 1.72 bits per heavy atom. The van der Waals surface area contributed by atoms with Crippen molar-refractivity contribution in [1.29, 1.82) is 0 Å². The van der Waals surface area contributed by atoms with Gasteiger partial charge in [-0.15, -0.1) is 0 Å². The van der Waals surface area contributed by atoms with Crippen LogP contribution < -0.4 is 46.6 Å². The van der Waals surface area contributed by atoms with Gasteiger partial charge in [-0.25, -0.2) is 4.98 Å². The summed E-state index contributed by atoms with van der Waals surface area (Å²) in [5, 5.41) is 5.36.